The lowest BCUT2D eigenvalue weighted by Crippen LogP contribution is -2.21. The van der Waals surface area contributed by atoms with E-state index in [1.807, 2.05) is 48.4 Å². The fourth-order valence-corrected chi connectivity index (χ4v) is 3.99. The smallest absolute Gasteiger partial charge is 0.405 e. The van der Waals surface area contributed by atoms with Crippen molar-refractivity contribution in [3.8, 4) is 28.4 Å². The Hall–Kier alpha value is -4.25. The summed E-state index contributed by atoms with van der Waals surface area (Å²) in [7, 11) is 1.80. The van der Waals surface area contributed by atoms with Gasteiger partial charge < -0.3 is 9.72 Å². The van der Waals surface area contributed by atoms with Gasteiger partial charge in [-0.2, -0.15) is 5.10 Å². The Bertz CT molecular complexity index is 1510. The second-order valence-electron chi connectivity index (χ2n) is 8.38. The van der Waals surface area contributed by atoms with E-state index in [9.17, 15) is 13.2 Å². The molecule has 0 aliphatic carbocycles. The number of benzene rings is 1. The van der Waals surface area contributed by atoms with Crippen molar-refractivity contribution < 1.29 is 17.9 Å². The quantitative estimate of drug-likeness (QED) is 0.343. The maximum Gasteiger partial charge on any atom is 0.573 e. The second kappa shape index (κ2) is 9.42. The number of aryl methyl sites for hydroxylation is 1. The monoisotopic (exact) mass is 493 g/mol. The number of alkyl halides is 3. The summed E-state index contributed by atoms with van der Waals surface area (Å²) >= 11 is 0. The van der Waals surface area contributed by atoms with E-state index in [-0.39, 0.29) is 12.3 Å². The van der Waals surface area contributed by atoms with Crippen LogP contribution in [0.25, 0.3) is 28.3 Å². The molecule has 5 aromatic rings. The molecular weight excluding hydrogens is 471 g/mol. The van der Waals surface area contributed by atoms with Crippen molar-refractivity contribution in [1.29, 1.82) is 0 Å². The highest BCUT2D eigenvalue weighted by molar-refractivity contribution is 5.77. The van der Waals surface area contributed by atoms with Gasteiger partial charge in [0.05, 0.1) is 17.9 Å². The molecule has 0 aliphatic heterocycles. The molecule has 36 heavy (non-hydrogen) atoms. The summed E-state index contributed by atoms with van der Waals surface area (Å²) in [4.78, 5) is 18.9. The van der Waals surface area contributed by atoms with E-state index < -0.39 is 6.36 Å². The molecule has 0 atom stereocenters. The largest absolute Gasteiger partial charge is 0.573 e. The maximum atomic E-state index is 12.8. The minimum Gasteiger partial charge on any atom is -0.405 e. The Balaban J connectivity index is 1.46. The van der Waals surface area contributed by atoms with E-state index in [0.717, 1.165) is 17.0 Å². The number of halogens is 3. The summed E-state index contributed by atoms with van der Waals surface area (Å²) in [6.07, 6.45) is -1.42. The van der Waals surface area contributed by atoms with Gasteiger partial charge in [0, 0.05) is 29.6 Å². The standard InChI is InChI=1S/C25H22F3N7O/c1-16-6-5-8-19(31-16)24-23(18-10-11-22-29-15-30-35(22)13-18)32-21(33-24)14-34(2)12-17-7-3-4-9-20(17)36-25(26,27)28/h3-11,13,15H,12,14H2,1-2H3,(H,32,33). The van der Waals surface area contributed by atoms with Gasteiger partial charge in [0.1, 0.15) is 23.6 Å². The Morgan fingerprint density at radius 2 is 1.83 bits per heavy atom. The minimum absolute atomic E-state index is 0.220. The van der Waals surface area contributed by atoms with Gasteiger partial charge in [-0.05, 0) is 44.3 Å². The normalized spacial score (nSPS) is 11.9. The van der Waals surface area contributed by atoms with Gasteiger partial charge in [0.25, 0.3) is 0 Å². The van der Waals surface area contributed by atoms with Gasteiger partial charge in [0.2, 0.25) is 0 Å². The minimum atomic E-state index is -4.76. The summed E-state index contributed by atoms with van der Waals surface area (Å²) in [5.74, 6) is 0.418. The molecule has 4 heterocycles. The predicted octanol–water partition coefficient (Wildman–Crippen LogP) is 5.02. The van der Waals surface area contributed by atoms with E-state index in [4.69, 9.17) is 4.98 Å². The summed E-state index contributed by atoms with van der Waals surface area (Å²) in [6, 6.07) is 15.6. The third kappa shape index (κ3) is 5.20. The number of imidazole rings is 1. The molecule has 8 nitrogen and oxygen atoms in total. The van der Waals surface area contributed by atoms with Crippen LogP contribution in [0.15, 0.2) is 67.1 Å². The van der Waals surface area contributed by atoms with Crippen LogP contribution in [0, 0.1) is 6.92 Å². The molecule has 0 saturated heterocycles. The SMILES string of the molecule is Cc1cccc(-c2nc(CN(C)Cc3ccccc3OC(F)(F)F)[nH]c2-c2ccc3ncnn3c2)n1. The summed E-state index contributed by atoms with van der Waals surface area (Å²) < 4.78 is 44.3. The molecule has 0 spiro atoms. The molecule has 4 aromatic heterocycles. The lowest BCUT2D eigenvalue weighted by molar-refractivity contribution is -0.275. The van der Waals surface area contributed by atoms with Gasteiger partial charge in [-0.25, -0.2) is 14.5 Å². The number of ether oxygens (including phenoxy) is 1. The average molecular weight is 493 g/mol. The molecule has 0 amide bonds. The molecule has 5 rings (SSSR count). The maximum absolute atomic E-state index is 12.8. The highest BCUT2D eigenvalue weighted by atomic mass is 19.4. The fourth-order valence-electron chi connectivity index (χ4n) is 3.99. The van der Waals surface area contributed by atoms with Crippen molar-refractivity contribution in [3.05, 3.63) is 84.2 Å². The number of pyridine rings is 2. The first-order valence-electron chi connectivity index (χ1n) is 11.1. The molecule has 11 heteroatoms. The number of nitrogens with zero attached hydrogens (tertiary/aromatic N) is 6. The number of aromatic nitrogens is 6. The van der Waals surface area contributed by atoms with E-state index in [0.29, 0.717) is 35.0 Å². The summed E-state index contributed by atoms with van der Waals surface area (Å²) in [5.41, 5.74) is 4.97. The third-order valence-electron chi connectivity index (χ3n) is 5.50. The van der Waals surface area contributed by atoms with Gasteiger partial charge in [-0.1, -0.05) is 24.3 Å². The zero-order valence-electron chi connectivity index (χ0n) is 19.5. The number of hydrogen-bond donors (Lipinski definition) is 1. The molecule has 1 aromatic carbocycles. The van der Waals surface area contributed by atoms with Crippen molar-refractivity contribution in [3.63, 3.8) is 0 Å². The first-order chi connectivity index (χ1) is 17.2. The molecule has 0 radical (unpaired) electrons. The first kappa shape index (κ1) is 23.5. The topological polar surface area (TPSA) is 84.2 Å². The molecule has 0 saturated carbocycles. The fraction of sp³-hybridized carbons (Fsp3) is 0.200. The van der Waals surface area contributed by atoms with Gasteiger partial charge >= 0.3 is 6.36 Å². The second-order valence-corrected chi connectivity index (χ2v) is 8.38. The van der Waals surface area contributed by atoms with Crippen LogP contribution >= 0.6 is 0 Å². The van der Waals surface area contributed by atoms with Crippen molar-refractivity contribution >= 4 is 5.65 Å². The van der Waals surface area contributed by atoms with Crippen LogP contribution in [-0.2, 0) is 13.1 Å². The van der Waals surface area contributed by atoms with Crippen LogP contribution in [-0.4, -0.2) is 47.9 Å². The molecule has 0 aliphatic rings. The highest BCUT2D eigenvalue weighted by Gasteiger charge is 2.32. The number of hydrogen-bond acceptors (Lipinski definition) is 6. The number of rotatable bonds is 7. The summed E-state index contributed by atoms with van der Waals surface area (Å²) in [5, 5.41) is 4.21. The zero-order chi connectivity index (χ0) is 25.3. The van der Waals surface area contributed by atoms with Crippen molar-refractivity contribution in [2.75, 3.05) is 7.05 Å². The number of aromatic amines is 1. The van der Waals surface area contributed by atoms with Crippen LogP contribution in [0.2, 0.25) is 0 Å². The Morgan fingerprint density at radius 1 is 1.00 bits per heavy atom. The molecule has 0 fully saturated rings. The first-order valence-corrected chi connectivity index (χ1v) is 11.1. The van der Waals surface area contributed by atoms with E-state index >= 15 is 0 Å². The van der Waals surface area contributed by atoms with Crippen molar-refractivity contribution in [1.82, 2.24) is 34.4 Å². The third-order valence-corrected chi connectivity index (χ3v) is 5.50. The van der Waals surface area contributed by atoms with Crippen LogP contribution in [0.3, 0.4) is 0 Å². The molecule has 1 N–H and O–H groups in total. The molecular formula is C25H22F3N7O. The number of H-pyrrole nitrogens is 1. The Labute approximate surface area is 204 Å². The number of para-hydroxylation sites is 1. The van der Waals surface area contributed by atoms with Crippen LogP contribution in [0.1, 0.15) is 17.1 Å². The van der Waals surface area contributed by atoms with Gasteiger partial charge in [-0.3, -0.25) is 9.88 Å². The number of nitrogens with one attached hydrogen (secondary N) is 1. The lowest BCUT2D eigenvalue weighted by atomic mass is 10.1. The van der Waals surface area contributed by atoms with E-state index in [1.165, 1.54) is 18.5 Å². The van der Waals surface area contributed by atoms with E-state index in [2.05, 4.69) is 24.8 Å². The Kier molecular flexibility index (Phi) is 6.15. The van der Waals surface area contributed by atoms with Crippen molar-refractivity contribution in [2.24, 2.45) is 0 Å². The van der Waals surface area contributed by atoms with Crippen LogP contribution in [0.5, 0.6) is 5.75 Å². The molecule has 0 unspecified atom stereocenters. The average Bonchev–Trinajstić information content (AvgIpc) is 3.46. The van der Waals surface area contributed by atoms with Gasteiger partial charge in [0.15, 0.2) is 5.65 Å². The Morgan fingerprint density at radius 3 is 2.64 bits per heavy atom. The van der Waals surface area contributed by atoms with Crippen molar-refractivity contribution in [2.45, 2.75) is 26.4 Å². The molecule has 0 bridgehead atoms. The van der Waals surface area contributed by atoms with Crippen LogP contribution in [0.4, 0.5) is 13.2 Å². The molecule has 184 valence electrons. The lowest BCUT2D eigenvalue weighted by Gasteiger charge is -2.18. The number of fused-ring (bicyclic) bond motifs is 1. The summed E-state index contributed by atoms with van der Waals surface area (Å²) in [6.45, 7) is 2.49. The zero-order valence-corrected chi connectivity index (χ0v) is 19.5. The van der Waals surface area contributed by atoms with E-state index in [1.54, 1.807) is 23.7 Å². The van der Waals surface area contributed by atoms with Gasteiger partial charge in [-0.15, -0.1) is 13.2 Å². The van der Waals surface area contributed by atoms with Crippen LogP contribution < -0.4 is 4.74 Å². The predicted molar refractivity (Wildman–Crippen MR) is 127 cm³/mol. The highest BCUT2D eigenvalue weighted by Crippen LogP contribution is 2.31.